The number of ether oxygens (including phenoxy) is 3. The molecule has 0 aliphatic carbocycles. The Kier molecular flexibility index (Phi) is 12.4. The lowest BCUT2D eigenvalue weighted by molar-refractivity contribution is 0.108. The topological polar surface area (TPSA) is 81.9 Å². The van der Waals surface area contributed by atoms with Gasteiger partial charge in [-0.05, 0) is 42.9 Å². The molecule has 2 heterocycles. The largest absolute Gasteiger partial charge is 0.490 e. The molecule has 1 aliphatic rings. The summed E-state index contributed by atoms with van der Waals surface area (Å²) in [5, 5.41) is 11.1. The molecule has 0 fully saturated rings. The number of aryl methyl sites for hydroxylation is 2. The van der Waals surface area contributed by atoms with E-state index in [1.165, 1.54) is 5.56 Å². The second-order valence-corrected chi connectivity index (χ2v) is 8.44. The number of rotatable bonds is 11. The van der Waals surface area contributed by atoms with Gasteiger partial charge in [-0.3, -0.25) is 9.67 Å². The van der Waals surface area contributed by atoms with Crippen LogP contribution in [-0.2, 0) is 18.2 Å². The first-order valence-electron chi connectivity index (χ1n) is 11.6. The first kappa shape index (κ1) is 27.2. The molecule has 2 N–H and O–H groups in total. The molecule has 184 valence electrons. The number of hydrogen-bond donors (Lipinski definition) is 2. The van der Waals surface area contributed by atoms with E-state index in [1.807, 2.05) is 36.1 Å². The summed E-state index contributed by atoms with van der Waals surface area (Å²) in [6.07, 6.45) is 7.69. The molecule has 0 spiro atoms. The Labute approximate surface area is 214 Å². The Morgan fingerprint density at radius 1 is 1.21 bits per heavy atom. The predicted octanol–water partition coefficient (Wildman–Crippen LogP) is 4.25. The normalized spacial score (nSPS) is 13.4. The Bertz CT molecular complexity index is 856. The lowest BCUT2D eigenvalue weighted by Crippen LogP contribution is -2.32. The number of fused-ring (bicyclic) bond motifs is 1. The number of aliphatic imine (C=N–C) groups is 1. The fourth-order valence-electron chi connectivity index (χ4n) is 3.29. The van der Waals surface area contributed by atoms with Crippen LogP contribution in [0.15, 0.2) is 35.6 Å². The molecule has 33 heavy (non-hydrogen) atoms. The molecule has 1 aliphatic heterocycles. The Morgan fingerprint density at radius 3 is 2.79 bits per heavy atom. The zero-order valence-electron chi connectivity index (χ0n) is 20.0. The van der Waals surface area contributed by atoms with Crippen LogP contribution < -0.4 is 20.1 Å². The van der Waals surface area contributed by atoms with Crippen LogP contribution in [0.5, 0.6) is 11.5 Å². The number of aromatic nitrogens is 2. The summed E-state index contributed by atoms with van der Waals surface area (Å²) in [5.41, 5.74) is 2.15. The van der Waals surface area contributed by atoms with Crippen LogP contribution in [0.2, 0.25) is 0 Å². The molecule has 0 saturated carbocycles. The van der Waals surface area contributed by atoms with Crippen molar-refractivity contribution in [1.82, 2.24) is 15.1 Å². The molecule has 1 aromatic carbocycles. The number of halogens is 1. The quantitative estimate of drug-likeness (QED) is 0.182. The van der Waals surface area contributed by atoms with Gasteiger partial charge in [0.25, 0.3) is 0 Å². The highest BCUT2D eigenvalue weighted by molar-refractivity contribution is 14.0. The van der Waals surface area contributed by atoms with Gasteiger partial charge in [-0.15, -0.1) is 24.0 Å². The van der Waals surface area contributed by atoms with Crippen molar-refractivity contribution < 1.29 is 14.2 Å². The fraction of sp³-hybridized carbons (Fsp3) is 0.583. The number of hydrogen-bond acceptors (Lipinski definition) is 5. The van der Waals surface area contributed by atoms with Crippen LogP contribution >= 0.6 is 24.0 Å². The molecule has 1 aromatic heterocycles. The van der Waals surface area contributed by atoms with Gasteiger partial charge in [0.2, 0.25) is 0 Å². The number of nitrogens with one attached hydrogen (secondary N) is 2. The Balaban J connectivity index is 0.00000385. The van der Waals surface area contributed by atoms with Gasteiger partial charge in [-0.1, -0.05) is 13.8 Å². The van der Waals surface area contributed by atoms with Crippen molar-refractivity contribution in [2.45, 2.75) is 39.5 Å². The minimum atomic E-state index is 0. The summed E-state index contributed by atoms with van der Waals surface area (Å²) in [5.74, 6) is 2.87. The van der Waals surface area contributed by atoms with Crippen molar-refractivity contribution in [2.75, 3.05) is 44.8 Å². The average Bonchev–Trinajstić information content (AvgIpc) is 3.04. The van der Waals surface area contributed by atoms with Crippen LogP contribution in [0.1, 0.15) is 38.7 Å². The van der Waals surface area contributed by atoms with Crippen LogP contribution in [0.3, 0.4) is 0 Å². The molecule has 0 bridgehead atoms. The molecule has 0 atom stereocenters. The summed E-state index contributed by atoms with van der Waals surface area (Å²) in [7, 11) is 1.94. The van der Waals surface area contributed by atoms with E-state index >= 15 is 0 Å². The molecular weight excluding hydrogens is 533 g/mol. The molecule has 0 unspecified atom stereocenters. The number of anilines is 1. The van der Waals surface area contributed by atoms with Gasteiger partial charge in [0, 0.05) is 57.7 Å². The number of guanidine groups is 1. The summed E-state index contributed by atoms with van der Waals surface area (Å²) < 4.78 is 19.1. The van der Waals surface area contributed by atoms with Gasteiger partial charge in [0.1, 0.15) is 0 Å². The summed E-state index contributed by atoms with van der Waals surface area (Å²) in [4.78, 5) is 4.77. The zero-order chi connectivity index (χ0) is 22.6. The highest BCUT2D eigenvalue weighted by Crippen LogP contribution is 2.32. The summed E-state index contributed by atoms with van der Waals surface area (Å²) in [6, 6.07) is 5.91. The van der Waals surface area contributed by atoms with Crippen molar-refractivity contribution in [3.05, 3.63) is 36.2 Å². The van der Waals surface area contributed by atoms with E-state index in [0.29, 0.717) is 19.1 Å². The van der Waals surface area contributed by atoms with E-state index in [9.17, 15) is 0 Å². The van der Waals surface area contributed by atoms with Crippen LogP contribution in [-0.4, -0.2) is 55.3 Å². The summed E-state index contributed by atoms with van der Waals surface area (Å²) >= 11 is 0. The van der Waals surface area contributed by atoms with Gasteiger partial charge in [-0.25, -0.2) is 0 Å². The van der Waals surface area contributed by atoms with Crippen LogP contribution in [0.4, 0.5) is 5.69 Å². The van der Waals surface area contributed by atoms with Crippen molar-refractivity contribution >= 4 is 35.6 Å². The molecule has 8 nitrogen and oxygen atoms in total. The second kappa shape index (κ2) is 15.0. The van der Waals surface area contributed by atoms with Gasteiger partial charge < -0.3 is 24.8 Å². The molecule has 2 aromatic rings. The third-order valence-corrected chi connectivity index (χ3v) is 4.87. The Morgan fingerprint density at radius 2 is 2.03 bits per heavy atom. The van der Waals surface area contributed by atoms with Gasteiger partial charge in [0.05, 0.1) is 19.4 Å². The molecule has 0 saturated heterocycles. The van der Waals surface area contributed by atoms with Crippen molar-refractivity contribution in [2.24, 2.45) is 18.0 Å². The van der Waals surface area contributed by atoms with E-state index in [1.54, 1.807) is 0 Å². The van der Waals surface area contributed by atoms with Crippen molar-refractivity contribution in [1.29, 1.82) is 0 Å². The predicted molar refractivity (Wildman–Crippen MR) is 143 cm³/mol. The van der Waals surface area contributed by atoms with Gasteiger partial charge in [0.15, 0.2) is 17.5 Å². The molecule has 9 heteroatoms. The highest BCUT2D eigenvalue weighted by atomic mass is 127. The molecule has 0 radical (unpaired) electrons. The molecule has 3 rings (SSSR count). The third kappa shape index (κ3) is 10.2. The van der Waals surface area contributed by atoms with Crippen molar-refractivity contribution in [3.63, 3.8) is 0 Å². The Hall–Kier alpha value is -2.01. The maximum atomic E-state index is 5.82. The van der Waals surface area contributed by atoms with Gasteiger partial charge in [-0.2, -0.15) is 5.10 Å². The van der Waals surface area contributed by atoms with E-state index in [2.05, 4.69) is 35.8 Å². The number of benzene rings is 1. The SMILES string of the molecule is CC(C)COCCCNC(=NCCCc1cnn(C)c1)Nc1ccc2c(c1)OCCCO2.I. The maximum Gasteiger partial charge on any atom is 0.195 e. The third-order valence-electron chi connectivity index (χ3n) is 4.87. The standard InChI is InChI=1S/C24H37N5O3.HI/c1-19(2)18-30-12-5-11-26-24(25-10-4-7-20-16-27-29(3)17-20)28-21-8-9-22-23(15-21)32-14-6-13-31-22;/h8-9,15-17,19H,4-7,10-14,18H2,1-3H3,(H2,25,26,28);1H. The second-order valence-electron chi connectivity index (χ2n) is 8.44. The molecule has 0 amide bonds. The minimum Gasteiger partial charge on any atom is -0.490 e. The fourth-order valence-corrected chi connectivity index (χ4v) is 3.29. The first-order valence-corrected chi connectivity index (χ1v) is 11.6. The maximum absolute atomic E-state index is 5.82. The molecular formula is C24H38IN5O3. The highest BCUT2D eigenvalue weighted by Gasteiger charge is 2.11. The lowest BCUT2D eigenvalue weighted by Gasteiger charge is -2.15. The first-order chi connectivity index (χ1) is 15.6. The van der Waals surface area contributed by atoms with Crippen molar-refractivity contribution in [3.8, 4) is 11.5 Å². The van der Waals surface area contributed by atoms with Crippen LogP contribution in [0, 0.1) is 5.92 Å². The smallest absolute Gasteiger partial charge is 0.195 e. The number of nitrogens with zero attached hydrogens (tertiary/aromatic N) is 3. The van der Waals surface area contributed by atoms with Crippen LogP contribution in [0.25, 0.3) is 0 Å². The average molecular weight is 572 g/mol. The summed E-state index contributed by atoms with van der Waals surface area (Å²) in [6.45, 7) is 8.72. The van der Waals surface area contributed by atoms with E-state index < -0.39 is 0 Å². The zero-order valence-corrected chi connectivity index (χ0v) is 22.3. The minimum absolute atomic E-state index is 0. The van der Waals surface area contributed by atoms with E-state index in [0.717, 1.165) is 75.1 Å². The van der Waals surface area contributed by atoms with E-state index in [4.69, 9.17) is 19.2 Å². The lowest BCUT2D eigenvalue weighted by atomic mass is 10.2. The van der Waals surface area contributed by atoms with E-state index in [-0.39, 0.29) is 24.0 Å². The van der Waals surface area contributed by atoms with Gasteiger partial charge >= 0.3 is 0 Å². The monoisotopic (exact) mass is 571 g/mol.